The standard InChI is InChI=1S/C17H15NO2S/c1-2-21-16-10-6-5-9-15(16)17(19)20-12-14-8-4-3-7-13(14)11-18/h3-10H,2,12H2,1H3. The zero-order valence-electron chi connectivity index (χ0n) is 11.7. The minimum absolute atomic E-state index is 0.105. The largest absolute Gasteiger partial charge is 0.457 e. The minimum Gasteiger partial charge on any atom is -0.457 e. The summed E-state index contributed by atoms with van der Waals surface area (Å²) in [6.45, 7) is 2.14. The van der Waals surface area contributed by atoms with Crippen LogP contribution in [0, 0.1) is 11.3 Å². The fourth-order valence-electron chi connectivity index (χ4n) is 1.89. The highest BCUT2D eigenvalue weighted by Crippen LogP contribution is 2.23. The van der Waals surface area contributed by atoms with E-state index in [9.17, 15) is 4.79 Å². The Bertz CT molecular complexity index is 676. The molecule has 2 aromatic rings. The van der Waals surface area contributed by atoms with E-state index < -0.39 is 0 Å². The first-order valence-corrected chi connectivity index (χ1v) is 7.61. The van der Waals surface area contributed by atoms with Crippen LogP contribution in [-0.2, 0) is 11.3 Å². The molecule has 0 amide bonds. The lowest BCUT2D eigenvalue weighted by molar-refractivity contribution is 0.0468. The van der Waals surface area contributed by atoms with Gasteiger partial charge in [-0.3, -0.25) is 0 Å². The van der Waals surface area contributed by atoms with Crippen molar-refractivity contribution in [2.45, 2.75) is 18.4 Å². The lowest BCUT2D eigenvalue weighted by Crippen LogP contribution is -2.07. The highest BCUT2D eigenvalue weighted by Gasteiger charge is 2.13. The zero-order valence-corrected chi connectivity index (χ0v) is 12.5. The number of esters is 1. The number of ether oxygens (including phenoxy) is 1. The van der Waals surface area contributed by atoms with E-state index in [1.54, 1.807) is 36.0 Å². The van der Waals surface area contributed by atoms with Gasteiger partial charge in [0.25, 0.3) is 0 Å². The van der Waals surface area contributed by atoms with Gasteiger partial charge in [-0.05, 0) is 24.0 Å². The van der Waals surface area contributed by atoms with Gasteiger partial charge in [0, 0.05) is 10.5 Å². The molecule has 0 unspecified atom stereocenters. The summed E-state index contributed by atoms with van der Waals surface area (Å²) in [7, 11) is 0. The average Bonchev–Trinajstić information content (AvgIpc) is 2.53. The van der Waals surface area contributed by atoms with Crippen LogP contribution in [-0.4, -0.2) is 11.7 Å². The third-order valence-electron chi connectivity index (χ3n) is 2.90. The summed E-state index contributed by atoms with van der Waals surface area (Å²) >= 11 is 1.61. The van der Waals surface area contributed by atoms with Crippen LogP contribution in [0.25, 0.3) is 0 Å². The number of carbonyl (C=O) groups excluding carboxylic acids is 1. The molecule has 3 nitrogen and oxygen atoms in total. The molecular formula is C17H15NO2S. The Balaban J connectivity index is 2.11. The number of benzene rings is 2. The van der Waals surface area contributed by atoms with Crippen LogP contribution in [0.1, 0.15) is 28.4 Å². The fraction of sp³-hybridized carbons (Fsp3) is 0.176. The van der Waals surface area contributed by atoms with Crippen molar-refractivity contribution in [1.29, 1.82) is 5.26 Å². The van der Waals surface area contributed by atoms with Crippen molar-refractivity contribution >= 4 is 17.7 Å². The van der Waals surface area contributed by atoms with Gasteiger partial charge in [0.2, 0.25) is 0 Å². The molecule has 0 aliphatic rings. The van der Waals surface area contributed by atoms with Crippen molar-refractivity contribution in [2.75, 3.05) is 5.75 Å². The van der Waals surface area contributed by atoms with Crippen LogP contribution in [0.4, 0.5) is 0 Å². The molecule has 0 aromatic heterocycles. The predicted molar refractivity (Wildman–Crippen MR) is 83.1 cm³/mol. The quantitative estimate of drug-likeness (QED) is 0.617. The SMILES string of the molecule is CCSc1ccccc1C(=O)OCc1ccccc1C#N. The number of hydrogen-bond donors (Lipinski definition) is 0. The molecule has 0 saturated carbocycles. The van der Waals surface area contributed by atoms with E-state index in [2.05, 4.69) is 6.07 Å². The maximum Gasteiger partial charge on any atom is 0.339 e. The van der Waals surface area contributed by atoms with Crippen molar-refractivity contribution in [3.63, 3.8) is 0 Å². The van der Waals surface area contributed by atoms with Gasteiger partial charge in [0.15, 0.2) is 0 Å². The third kappa shape index (κ3) is 3.87. The summed E-state index contributed by atoms with van der Waals surface area (Å²) < 4.78 is 5.34. The molecule has 0 aliphatic heterocycles. The first-order chi connectivity index (χ1) is 10.3. The lowest BCUT2D eigenvalue weighted by Gasteiger charge is -2.09. The molecule has 0 atom stereocenters. The maximum atomic E-state index is 12.2. The van der Waals surface area contributed by atoms with Crippen molar-refractivity contribution < 1.29 is 9.53 Å². The molecule has 0 N–H and O–H groups in total. The number of rotatable bonds is 5. The topological polar surface area (TPSA) is 50.1 Å². The van der Waals surface area contributed by atoms with E-state index in [0.717, 1.165) is 10.6 Å². The fourth-order valence-corrected chi connectivity index (χ4v) is 2.69. The first-order valence-electron chi connectivity index (χ1n) is 6.63. The summed E-state index contributed by atoms with van der Waals surface area (Å²) in [5, 5.41) is 9.02. The van der Waals surface area contributed by atoms with Crippen molar-refractivity contribution in [1.82, 2.24) is 0 Å². The molecule has 0 heterocycles. The smallest absolute Gasteiger partial charge is 0.339 e. The normalized spacial score (nSPS) is 9.90. The number of thioether (sulfide) groups is 1. The molecule has 0 saturated heterocycles. The highest BCUT2D eigenvalue weighted by molar-refractivity contribution is 7.99. The van der Waals surface area contributed by atoms with Gasteiger partial charge in [0.1, 0.15) is 6.61 Å². The van der Waals surface area contributed by atoms with Gasteiger partial charge in [-0.2, -0.15) is 5.26 Å². The number of nitrogens with zero attached hydrogens (tertiary/aromatic N) is 1. The van der Waals surface area contributed by atoms with Gasteiger partial charge in [-0.25, -0.2) is 4.79 Å². The summed E-state index contributed by atoms with van der Waals surface area (Å²) in [5.74, 6) is 0.529. The summed E-state index contributed by atoms with van der Waals surface area (Å²) in [6, 6.07) is 16.6. The van der Waals surface area contributed by atoms with Gasteiger partial charge in [0.05, 0.1) is 17.2 Å². The molecule has 2 aromatic carbocycles. The van der Waals surface area contributed by atoms with Crippen LogP contribution in [0.3, 0.4) is 0 Å². The van der Waals surface area contributed by atoms with Gasteiger partial charge in [-0.1, -0.05) is 37.3 Å². The zero-order chi connectivity index (χ0) is 15.1. The molecule has 2 rings (SSSR count). The molecule has 4 heteroatoms. The average molecular weight is 297 g/mol. The Morgan fingerprint density at radius 1 is 1.19 bits per heavy atom. The van der Waals surface area contributed by atoms with Crippen LogP contribution < -0.4 is 0 Å². The molecule has 106 valence electrons. The Hall–Kier alpha value is -2.25. The van der Waals surface area contributed by atoms with Gasteiger partial charge in [-0.15, -0.1) is 11.8 Å². The number of hydrogen-bond acceptors (Lipinski definition) is 4. The Kier molecular flexibility index (Phi) is 5.42. The molecule has 0 bridgehead atoms. The van der Waals surface area contributed by atoms with Crippen LogP contribution in [0.15, 0.2) is 53.4 Å². The van der Waals surface area contributed by atoms with E-state index >= 15 is 0 Å². The molecule has 0 aliphatic carbocycles. The van der Waals surface area contributed by atoms with Crippen molar-refractivity contribution in [2.24, 2.45) is 0 Å². The Morgan fingerprint density at radius 3 is 2.67 bits per heavy atom. The van der Waals surface area contributed by atoms with E-state index in [1.807, 2.05) is 31.2 Å². The Morgan fingerprint density at radius 2 is 1.90 bits per heavy atom. The molecular weight excluding hydrogens is 282 g/mol. The number of carbonyl (C=O) groups is 1. The van der Waals surface area contributed by atoms with E-state index in [4.69, 9.17) is 10.00 Å². The number of nitriles is 1. The van der Waals surface area contributed by atoms with E-state index in [0.29, 0.717) is 16.7 Å². The second-order valence-electron chi connectivity index (χ2n) is 4.27. The van der Waals surface area contributed by atoms with Crippen molar-refractivity contribution in [3.05, 3.63) is 65.2 Å². The maximum absolute atomic E-state index is 12.2. The molecule has 0 radical (unpaired) electrons. The molecule has 0 spiro atoms. The summed E-state index contributed by atoms with van der Waals surface area (Å²) in [5.41, 5.74) is 1.81. The van der Waals surface area contributed by atoms with Crippen LogP contribution in [0.5, 0.6) is 0 Å². The van der Waals surface area contributed by atoms with Gasteiger partial charge >= 0.3 is 5.97 Å². The second kappa shape index (κ2) is 7.51. The monoisotopic (exact) mass is 297 g/mol. The van der Waals surface area contributed by atoms with E-state index in [1.165, 1.54) is 0 Å². The highest BCUT2D eigenvalue weighted by atomic mass is 32.2. The molecule has 0 fully saturated rings. The van der Waals surface area contributed by atoms with E-state index in [-0.39, 0.29) is 12.6 Å². The summed E-state index contributed by atoms with van der Waals surface area (Å²) in [4.78, 5) is 13.1. The summed E-state index contributed by atoms with van der Waals surface area (Å²) in [6.07, 6.45) is 0. The first kappa shape index (κ1) is 15.1. The molecule has 21 heavy (non-hydrogen) atoms. The second-order valence-corrected chi connectivity index (χ2v) is 5.58. The van der Waals surface area contributed by atoms with Crippen LogP contribution in [0.2, 0.25) is 0 Å². The van der Waals surface area contributed by atoms with Crippen LogP contribution >= 0.6 is 11.8 Å². The lowest BCUT2D eigenvalue weighted by atomic mass is 10.1. The third-order valence-corrected chi connectivity index (χ3v) is 3.86. The van der Waals surface area contributed by atoms with Gasteiger partial charge < -0.3 is 4.74 Å². The van der Waals surface area contributed by atoms with Crippen molar-refractivity contribution in [3.8, 4) is 6.07 Å². The Labute approximate surface area is 128 Å². The predicted octanol–water partition coefficient (Wildman–Crippen LogP) is 4.03. The minimum atomic E-state index is -0.362.